The lowest BCUT2D eigenvalue weighted by atomic mass is 10.1. The van der Waals surface area contributed by atoms with Crippen LogP contribution in [-0.4, -0.2) is 37.2 Å². The van der Waals surface area contributed by atoms with Gasteiger partial charge in [-0.1, -0.05) is 224 Å². The van der Waals surface area contributed by atoms with Crippen LogP contribution in [0, 0.1) is 0 Å². The first kappa shape index (κ1) is 68.3. The highest BCUT2D eigenvalue weighted by Crippen LogP contribution is 2.13. The number of carbonyl (C=O) groups is 3. The molecule has 0 spiro atoms. The normalized spacial score (nSPS) is 13.2. The van der Waals surface area contributed by atoms with Crippen molar-refractivity contribution in [1.82, 2.24) is 0 Å². The van der Waals surface area contributed by atoms with Crippen LogP contribution in [0.4, 0.5) is 0 Å². The topological polar surface area (TPSA) is 78.9 Å². The van der Waals surface area contributed by atoms with Gasteiger partial charge in [-0.15, -0.1) is 0 Å². The van der Waals surface area contributed by atoms with Crippen molar-refractivity contribution in [3.63, 3.8) is 0 Å². The van der Waals surface area contributed by atoms with E-state index in [-0.39, 0.29) is 31.1 Å². The Morgan fingerprint density at radius 2 is 0.534 bits per heavy atom. The van der Waals surface area contributed by atoms with Crippen molar-refractivity contribution in [3.8, 4) is 0 Å². The molecule has 0 bridgehead atoms. The smallest absolute Gasteiger partial charge is 0.306 e. The first-order valence-electron chi connectivity index (χ1n) is 29.3. The van der Waals surface area contributed by atoms with Crippen LogP contribution < -0.4 is 0 Å². The minimum Gasteiger partial charge on any atom is -0.462 e. The first-order valence-corrected chi connectivity index (χ1v) is 29.3. The molecule has 6 nitrogen and oxygen atoms in total. The lowest BCUT2D eigenvalue weighted by molar-refractivity contribution is -0.167. The predicted octanol–water partition coefficient (Wildman–Crippen LogP) is 20.0. The lowest BCUT2D eigenvalue weighted by Gasteiger charge is -2.18. The van der Waals surface area contributed by atoms with Crippen LogP contribution >= 0.6 is 0 Å². The van der Waals surface area contributed by atoms with Crippen molar-refractivity contribution in [3.05, 3.63) is 146 Å². The highest BCUT2D eigenvalue weighted by atomic mass is 16.6. The van der Waals surface area contributed by atoms with Crippen LogP contribution in [-0.2, 0) is 28.6 Å². The number of allylic oxidation sites excluding steroid dienone is 24. The Bertz CT molecular complexity index is 1630. The summed E-state index contributed by atoms with van der Waals surface area (Å²) in [5.41, 5.74) is 0. The van der Waals surface area contributed by atoms with E-state index >= 15 is 0 Å². The van der Waals surface area contributed by atoms with E-state index in [4.69, 9.17) is 14.2 Å². The van der Waals surface area contributed by atoms with Crippen LogP contribution in [0.2, 0.25) is 0 Å². The number of hydrogen-bond donors (Lipinski definition) is 0. The maximum atomic E-state index is 12.9. The zero-order chi connectivity index (χ0) is 52.9. The van der Waals surface area contributed by atoms with Gasteiger partial charge in [0.25, 0.3) is 0 Å². The molecule has 0 aliphatic rings. The molecular formula is C67H106O6. The second-order valence-corrected chi connectivity index (χ2v) is 18.8. The van der Waals surface area contributed by atoms with Gasteiger partial charge in [0.05, 0.1) is 0 Å². The molecule has 1 unspecified atom stereocenters. The summed E-state index contributed by atoms with van der Waals surface area (Å²) in [5, 5.41) is 0. The number of ether oxygens (including phenoxy) is 3. The van der Waals surface area contributed by atoms with Crippen molar-refractivity contribution in [2.75, 3.05) is 13.2 Å². The summed E-state index contributed by atoms with van der Waals surface area (Å²) in [7, 11) is 0. The Morgan fingerprint density at radius 1 is 0.288 bits per heavy atom. The standard InChI is InChI=1S/C67H106O6/c1-4-7-10-13-16-19-22-25-27-29-30-31-32-33-34-35-36-38-39-42-45-48-51-54-57-60-66(69)72-63-64(62-71-65(68)59-56-53-50-47-44-41-24-21-18-15-12-9-6-3)73-67(70)61-58-55-52-49-46-43-40-37-28-26-23-20-17-14-11-8-5-2/h7,9-10,12,16-21,25-28,30-31,33-34,36,38,41-42,44-45,64H,4-6,8,11,13-15,22-24,29,32,35,37,39-40,43,46-63H2,1-3H3/b10-7-,12-9-,19-16-,20-17-,21-18-,27-25-,28-26-,31-30-,34-33-,38-36-,44-41-,45-42-. The van der Waals surface area contributed by atoms with Gasteiger partial charge in [-0.25, -0.2) is 0 Å². The van der Waals surface area contributed by atoms with Crippen LogP contribution in [0.5, 0.6) is 0 Å². The molecule has 0 aromatic rings. The SMILES string of the molecule is CC/C=C\C/C=C\C/C=C\C/C=C\C/C=C\C/C=C\C/C=C\CCCCCC(=O)OCC(COC(=O)CCCCC/C=C\C/C=C\C/C=C\CC)OC(=O)CCCCCCCCC/C=C\C/C=C\CCCCC. The Balaban J connectivity index is 4.48. The quantitative estimate of drug-likeness (QED) is 0.0261. The van der Waals surface area contributed by atoms with E-state index < -0.39 is 6.10 Å². The third-order valence-corrected chi connectivity index (χ3v) is 11.8. The lowest BCUT2D eigenvalue weighted by Crippen LogP contribution is -2.30. The highest BCUT2D eigenvalue weighted by Gasteiger charge is 2.19. The summed E-state index contributed by atoms with van der Waals surface area (Å²) in [6.45, 7) is 6.31. The van der Waals surface area contributed by atoms with Gasteiger partial charge in [0, 0.05) is 19.3 Å². The van der Waals surface area contributed by atoms with Gasteiger partial charge in [0.2, 0.25) is 0 Å². The summed E-state index contributed by atoms with van der Waals surface area (Å²) >= 11 is 0. The molecule has 0 aromatic carbocycles. The second kappa shape index (κ2) is 59.8. The average molecular weight is 1010 g/mol. The Labute approximate surface area is 448 Å². The molecule has 0 aromatic heterocycles. The zero-order valence-corrected chi connectivity index (χ0v) is 46.8. The number of unbranched alkanes of at least 4 members (excludes halogenated alkanes) is 16. The average Bonchev–Trinajstić information content (AvgIpc) is 3.39. The molecule has 0 saturated heterocycles. The molecule has 0 aliphatic heterocycles. The Morgan fingerprint density at radius 3 is 0.849 bits per heavy atom. The fraction of sp³-hybridized carbons (Fsp3) is 0.597. The third kappa shape index (κ3) is 58.1. The second-order valence-electron chi connectivity index (χ2n) is 18.8. The number of carbonyl (C=O) groups excluding carboxylic acids is 3. The molecule has 410 valence electrons. The van der Waals surface area contributed by atoms with Crippen molar-refractivity contribution in [2.24, 2.45) is 0 Å². The Kier molecular flexibility index (Phi) is 56.0. The van der Waals surface area contributed by atoms with Crippen molar-refractivity contribution < 1.29 is 28.6 Å². The molecule has 0 aliphatic carbocycles. The summed E-state index contributed by atoms with van der Waals surface area (Å²) < 4.78 is 16.8. The minimum absolute atomic E-state index is 0.113. The molecule has 0 rings (SSSR count). The van der Waals surface area contributed by atoms with Crippen molar-refractivity contribution in [2.45, 2.75) is 245 Å². The van der Waals surface area contributed by atoms with Crippen molar-refractivity contribution in [1.29, 1.82) is 0 Å². The predicted molar refractivity (Wildman–Crippen MR) is 315 cm³/mol. The van der Waals surface area contributed by atoms with E-state index in [1.807, 2.05) is 0 Å². The van der Waals surface area contributed by atoms with Crippen molar-refractivity contribution >= 4 is 17.9 Å². The van der Waals surface area contributed by atoms with Gasteiger partial charge >= 0.3 is 17.9 Å². The molecule has 1 atom stereocenters. The summed E-state index contributed by atoms with van der Waals surface area (Å²) in [6, 6.07) is 0. The Hall–Kier alpha value is -4.71. The summed E-state index contributed by atoms with van der Waals surface area (Å²) in [6.07, 6.45) is 85.5. The van der Waals surface area contributed by atoms with E-state index in [9.17, 15) is 14.4 Å². The van der Waals surface area contributed by atoms with Gasteiger partial charge in [0.15, 0.2) is 6.10 Å². The number of esters is 3. The van der Waals surface area contributed by atoms with E-state index in [1.54, 1.807) is 0 Å². The van der Waals surface area contributed by atoms with E-state index in [1.165, 1.54) is 51.4 Å². The van der Waals surface area contributed by atoms with Crippen LogP contribution in [0.25, 0.3) is 0 Å². The van der Waals surface area contributed by atoms with E-state index in [0.717, 1.165) is 148 Å². The molecule has 0 saturated carbocycles. The van der Waals surface area contributed by atoms with Gasteiger partial charge < -0.3 is 14.2 Å². The maximum absolute atomic E-state index is 12.9. The van der Waals surface area contributed by atoms with Gasteiger partial charge in [-0.3, -0.25) is 14.4 Å². The summed E-state index contributed by atoms with van der Waals surface area (Å²) in [4.78, 5) is 38.2. The van der Waals surface area contributed by atoms with Crippen LogP contribution in [0.1, 0.15) is 239 Å². The molecule has 0 amide bonds. The molecule has 0 heterocycles. The van der Waals surface area contributed by atoms with Gasteiger partial charge in [0.1, 0.15) is 13.2 Å². The van der Waals surface area contributed by atoms with Gasteiger partial charge in [-0.2, -0.15) is 0 Å². The summed E-state index contributed by atoms with van der Waals surface area (Å²) in [5.74, 6) is -0.987. The number of rotatable bonds is 51. The van der Waals surface area contributed by atoms with E-state index in [2.05, 4.69) is 167 Å². The van der Waals surface area contributed by atoms with Gasteiger partial charge in [-0.05, 0) is 141 Å². The fourth-order valence-corrected chi connectivity index (χ4v) is 7.47. The molecule has 0 radical (unpaired) electrons. The molecule has 6 heteroatoms. The minimum atomic E-state index is -0.815. The molecule has 0 N–H and O–H groups in total. The number of hydrogen-bond acceptors (Lipinski definition) is 6. The monoisotopic (exact) mass is 1010 g/mol. The molecule has 73 heavy (non-hydrogen) atoms. The van der Waals surface area contributed by atoms with Crippen LogP contribution in [0.3, 0.4) is 0 Å². The molecule has 0 fully saturated rings. The zero-order valence-electron chi connectivity index (χ0n) is 46.8. The fourth-order valence-electron chi connectivity index (χ4n) is 7.47. The first-order chi connectivity index (χ1) is 36.0. The third-order valence-electron chi connectivity index (χ3n) is 11.8. The molecular weight excluding hydrogens is 901 g/mol. The van der Waals surface area contributed by atoms with Crippen LogP contribution in [0.15, 0.2) is 146 Å². The highest BCUT2D eigenvalue weighted by molar-refractivity contribution is 5.71. The largest absolute Gasteiger partial charge is 0.462 e. The van der Waals surface area contributed by atoms with E-state index in [0.29, 0.717) is 19.3 Å². The maximum Gasteiger partial charge on any atom is 0.306 e.